The second-order valence-corrected chi connectivity index (χ2v) is 10.6. The van der Waals surface area contributed by atoms with Crippen LogP contribution in [-0.2, 0) is 0 Å². The minimum absolute atomic E-state index is 0.0122. The third kappa shape index (κ3) is 4.96. The number of aromatic nitrogens is 4. The van der Waals surface area contributed by atoms with E-state index in [1.807, 2.05) is 41.0 Å². The molecule has 2 aromatic heterocycles. The molecule has 0 radical (unpaired) electrons. The summed E-state index contributed by atoms with van der Waals surface area (Å²) >= 11 is 12.5. The SMILES string of the molecule is COc1ccc(-c2cc(C(=O)N3CCC(n4c(=O)[nH]c5ccccc54)CC3)n(-c3ccc(Cl)c(Cl)c3)n2)c(OC)c1. The number of halogens is 2. The van der Waals surface area contributed by atoms with Crippen molar-refractivity contribution >= 4 is 40.1 Å². The van der Waals surface area contributed by atoms with Gasteiger partial charge in [0.25, 0.3) is 5.91 Å². The molecule has 1 fully saturated rings. The first-order chi connectivity index (χ1) is 19.9. The van der Waals surface area contributed by atoms with Crippen molar-refractivity contribution in [3.63, 3.8) is 0 Å². The van der Waals surface area contributed by atoms with Crippen LogP contribution in [-0.4, -0.2) is 57.4 Å². The molecule has 5 aromatic rings. The van der Waals surface area contributed by atoms with E-state index in [-0.39, 0.29) is 17.6 Å². The highest BCUT2D eigenvalue weighted by Crippen LogP contribution is 2.35. The predicted molar refractivity (Wildman–Crippen MR) is 159 cm³/mol. The number of nitrogens with one attached hydrogen (secondary N) is 1. The molecule has 0 atom stereocenters. The second-order valence-electron chi connectivity index (χ2n) is 9.83. The largest absolute Gasteiger partial charge is 0.497 e. The number of likely N-dealkylation sites (tertiary alicyclic amines) is 1. The molecule has 11 heteroatoms. The van der Waals surface area contributed by atoms with Crippen LogP contribution in [0, 0.1) is 0 Å². The number of aromatic amines is 1. The number of fused-ring (bicyclic) bond motifs is 1. The van der Waals surface area contributed by atoms with Gasteiger partial charge in [0.1, 0.15) is 17.2 Å². The first-order valence-electron chi connectivity index (χ1n) is 13.1. The number of hydrogen-bond acceptors (Lipinski definition) is 5. The van der Waals surface area contributed by atoms with E-state index in [0.717, 1.165) is 11.0 Å². The Morgan fingerprint density at radius 3 is 2.46 bits per heavy atom. The summed E-state index contributed by atoms with van der Waals surface area (Å²) in [5, 5.41) is 5.56. The van der Waals surface area contributed by atoms with Gasteiger partial charge in [-0.3, -0.25) is 9.36 Å². The van der Waals surface area contributed by atoms with Crippen molar-refractivity contribution in [2.24, 2.45) is 0 Å². The van der Waals surface area contributed by atoms with Gasteiger partial charge in [0.05, 0.1) is 46.7 Å². The van der Waals surface area contributed by atoms with Gasteiger partial charge in [-0.25, -0.2) is 9.48 Å². The second kappa shape index (κ2) is 11.0. The van der Waals surface area contributed by atoms with Crippen LogP contribution in [0.3, 0.4) is 0 Å². The number of ether oxygens (including phenoxy) is 2. The molecule has 6 rings (SSSR count). The maximum absolute atomic E-state index is 14.0. The monoisotopic (exact) mass is 591 g/mol. The minimum Gasteiger partial charge on any atom is -0.497 e. The number of benzene rings is 3. The van der Waals surface area contributed by atoms with Crippen LogP contribution in [0.25, 0.3) is 28.0 Å². The number of piperidine rings is 1. The molecule has 1 N–H and O–H groups in total. The van der Waals surface area contributed by atoms with E-state index in [1.165, 1.54) is 0 Å². The van der Waals surface area contributed by atoms with Gasteiger partial charge in [-0.05, 0) is 61.4 Å². The Morgan fingerprint density at radius 1 is 0.951 bits per heavy atom. The molecular formula is C30H27Cl2N5O4. The molecule has 1 amide bonds. The normalized spacial score (nSPS) is 14.0. The van der Waals surface area contributed by atoms with E-state index in [0.29, 0.717) is 70.1 Å². The van der Waals surface area contributed by atoms with Gasteiger partial charge in [0.2, 0.25) is 0 Å². The van der Waals surface area contributed by atoms with Crippen molar-refractivity contribution in [1.29, 1.82) is 0 Å². The molecule has 1 aliphatic heterocycles. The molecule has 0 unspecified atom stereocenters. The average molecular weight is 592 g/mol. The molecule has 41 heavy (non-hydrogen) atoms. The van der Waals surface area contributed by atoms with Gasteiger partial charge in [-0.15, -0.1) is 0 Å². The van der Waals surface area contributed by atoms with Crippen molar-refractivity contribution in [2.75, 3.05) is 27.3 Å². The van der Waals surface area contributed by atoms with E-state index < -0.39 is 0 Å². The topological polar surface area (TPSA) is 94.4 Å². The van der Waals surface area contributed by atoms with Crippen molar-refractivity contribution in [3.8, 4) is 28.4 Å². The highest BCUT2D eigenvalue weighted by molar-refractivity contribution is 6.42. The van der Waals surface area contributed by atoms with Crippen LogP contribution in [0.15, 0.2) is 71.5 Å². The molecule has 0 bridgehead atoms. The van der Waals surface area contributed by atoms with Crippen LogP contribution >= 0.6 is 23.2 Å². The molecule has 210 valence electrons. The van der Waals surface area contributed by atoms with Crippen LogP contribution < -0.4 is 15.2 Å². The van der Waals surface area contributed by atoms with Crippen molar-refractivity contribution in [2.45, 2.75) is 18.9 Å². The Balaban J connectivity index is 1.34. The number of hydrogen-bond donors (Lipinski definition) is 1. The van der Waals surface area contributed by atoms with Crippen LogP contribution in [0.5, 0.6) is 11.5 Å². The lowest BCUT2D eigenvalue weighted by Gasteiger charge is -2.32. The van der Waals surface area contributed by atoms with Crippen molar-refractivity contribution in [3.05, 3.63) is 93.0 Å². The summed E-state index contributed by atoms with van der Waals surface area (Å²) in [6, 6.07) is 19.9. The molecule has 0 saturated carbocycles. The number of methoxy groups -OCH3 is 2. The third-order valence-corrected chi connectivity index (χ3v) is 8.24. The fourth-order valence-electron chi connectivity index (χ4n) is 5.41. The van der Waals surface area contributed by atoms with Crippen molar-refractivity contribution < 1.29 is 14.3 Å². The Hall–Kier alpha value is -4.21. The fourth-order valence-corrected chi connectivity index (χ4v) is 5.71. The van der Waals surface area contributed by atoms with Gasteiger partial charge in [0.15, 0.2) is 0 Å². The first kappa shape index (κ1) is 27.0. The molecule has 1 saturated heterocycles. The predicted octanol–water partition coefficient (Wildman–Crippen LogP) is 5.98. The van der Waals surface area contributed by atoms with Gasteiger partial charge in [-0.2, -0.15) is 5.10 Å². The zero-order chi connectivity index (χ0) is 28.7. The lowest BCUT2D eigenvalue weighted by Crippen LogP contribution is -2.41. The Bertz CT molecular complexity index is 1820. The van der Waals surface area contributed by atoms with Gasteiger partial charge >= 0.3 is 5.69 Å². The summed E-state index contributed by atoms with van der Waals surface area (Å²) in [6.45, 7) is 0.979. The Kier molecular flexibility index (Phi) is 7.23. The van der Waals surface area contributed by atoms with E-state index in [2.05, 4.69) is 4.98 Å². The lowest BCUT2D eigenvalue weighted by molar-refractivity contribution is 0.0685. The molecular weight excluding hydrogens is 565 g/mol. The standard InChI is InChI=1S/C30H27Cl2N5O4/c1-40-20-8-9-21(28(16-20)41-2)25-17-27(37(34-25)19-7-10-22(31)23(32)15-19)29(38)35-13-11-18(12-14-35)36-26-6-4-3-5-24(26)33-30(36)39/h3-10,15-18H,11-14H2,1-2H3,(H,33,39). The number of para-hydroxylation sites is 2. The van der Waals surface area contributed by atoms with E-state index in [4.69, 9.17) is 37.8 Å². The van der Waals surface area contributed by atoms with Crippen LogP contribution in [0.2, 0.25) is 10.0 Å². The Morgan fingerprint density at radius 2 is 1.73 bits per heavy atom. The third-order valence-electron chi connectivity index (χ3n) is 7.50. The summed E-state index contributed by atoms with van der Waals surface area (Å²) < 4.78 is 14.3. The quantitative estimate of drug-likeness (QED) is 0.262. The maximum Gasteiger partial charge on any atom is 0.326 e. The maximum atomic E-state index is 14.0. The summed E-state index contributed by atoms with van der Waals surface area (Å²) in [5.74, 6) is 1.03. The molecule has 1 aliphatic rings. The van der Waals surface area contributed by atoms with Gasteiger partial charge in [-0.1, -0.05) is 35.3 Å². The number of imidazole rings is 1. The van der Waals surface area contributed by atoms with E-state index >= 15 is 0 Å². The van der Waals surface area contributed by atoms with Crippen LogP contribution in [0.1, 0.15) is 29.4 Å². The molecule has 0 spiro atoms. The zero-order valence-corrected chi connectivity index (χ0v) is 23.9. The van der Waals surface area contributed by atoms with Gasteiger partial charge < -0.3 is 19.4 Å². The minimum atomic E-state index is -0.174. The van der Waals surface area contributed by atoms with Crippen LogP contribution in [0.4, 0.5) is 0 Å². The highest BCUT2D eigenvalue weighted by Gasteiger charge is 2.29. The smallest absolute Gasteiger partial charge is 0.326 e. The Labute approximate surface area is 245 Å². The van der Waals surface area contributed by atoms with Gasteiger partial charge in [0, 0.05) is 30.8 Å². The number of nitrogens with zero attached hydrogens (tertiary/aromatic N) is 4. The van der Waals surface area contributed by atoms with E-state index in [1.54, 1.807) is 54.1 Å². The first-order valence-corrected chi connectivity index (χ1v) is 13.9. The number of H-pyrrole nitrogens is 1. The summed E-state index contributed by atoms with van der Waals surface area (Å²) in [5.41, 5.74) is 3.78. The molecule has 9 nitrogen and oxygen atoms in total. The number of amides is 1. The number of carbonyl (C=O) groups is 1. The summed E-state index contributed by atoms with van der Waals surface area (Å²) in [6.07, 6.45) is 1.29. The highest BCUT2D eigenvalue weighted by atomic mass is 35.5. The number of rotatable bonds is 6. The molecule has 3 heterocycles. The zero-order valence-electron chi connectivity index (χ0n) is 22.4. The van der Waals surface area contributed by atoms with E-state index in [9.17, 15) is 9.59 Å². The fraction of sp³-hybridized carbons (Fsp3) is 0.233. The summed E-state index contributed by atoms with van der Waals surface area (Å²) in [4.78, 5) is 31.5. The average Bonchev–Trinajstić information content (AvgIpc) is 3.59. The lowest BCUT2D eigenvalue weighted by atomic mass is 10.0. The summed E-state index contributed by atoms with van der Waals surface area (Å²) in [7, 11) is 3.16. The molecule has 3 aromatic carbocycles. The number of carbonyl (C=O) groups excluding carboxylic acids is 1. The van der Waals surface area contributed by atoms with Crippen molar-refractivity contribution in [1.82, 2.24) is 24.2 Å². The molecule has 0 aliphatic carbocycles.